The van der Waals surface area contributed by atoms with Crippen LogP contribution in [0.1, 0.15) is 5.56 Å². The van der Waals surface area contributed by atoms with Crippen LogP contribution in [0.5, 0.6) is 0 Å². The Labute approximate surface area is 94.5 Å². The van der Waals surface area contributed by atoms with Crippen LogP contribution in [0.4, 0.5) is 5.69 Å². The summed E-state index contributed by atoms with van der Waals surface area (Å²) < 4.78 is 0. The largest absolute Gasteiger partial charge is 0.399 e. The number of benzene rings is 1. The van der Waals surface area contributed by atoms with E-state index < -0.39 is 0 Å². The van der Waals surface area contributed by atoms with Crippen LogP contribution in [0.15, 0.2) is 36.5 Å². The summed E-state index contributed by atoms with van der Waals surface area (Å²) in [6, 6.07) is 7.31. The summed E-state index contributed by atoms with van der Waals surface area (Å²) in [4.78, 5) is 11.6. The molecule has 1 saturated heterocycles. The van der Waals surface area contributed by atoms with E-state index >= 15 is 0 Å². The predicted octanol–water partition coefficient (Wildman–Crippen LogP) is 0.413. The number of nitrogens with two attached hydrogens (primary N) is 1. The van der Waals surface area contributed by atoms with Crippen molar-refractivity contribution in [2.24, 2.45) is 0 Å². The second-order valence-corrected chi connectivity index (χ2v) is 3.96. The van der Waals surface area contributed by atoms with Gasteiger partial charge in [0.2, 0.25) is 5.91 Å². The third-order valence-electron chi connectivity index (χ3n) is 2.59. The van der Waals surface area contributed by atoms with Crippen LogP contribution in [-0.4, -0.2) is 18.5 Å². The Hall–Kier alpha value is -1.97. The minimum absolute atomic E-state index is 0.0178. The molecule has 0 unspecified atom stereocenters. The zero-order chi connectivity index (χ0) is 11.5. The number of anilines is 1. The molecule has 1 fully saturated rings. The van der Waals surface area contributed by atoms with Gasteiger partial charge in [-0.3, -0.25) is 4.79 Å². The van der Waals surface area contributed by atoms with Gasteiger partial charge in [0.05, 0.1) is 6.54 Å². The Balaban J connectivity index is 2.05. The number of piperazine rings is 1. The summed E-state index contributed by atoms with van der Waals surface area (Å²) in [6.07, 6.45) is 0.644. The van der Waals surface area contributed by atoms with Crippen molar-refractivity contribution < 1.29 is 4.79 Å². The molecule has 4 N–H and O–H groups in total. The van der Waals surface area contributed by atoms with Crippen molar-refractivity contribution in [2.45, 2.75) is 12.5 Å². The van der Waals surface area contributed by atoms with Gasteiger partial charge in [-0.05, 0) is 17.7 Å². The van der Waals surface area contributed by atoms with Gasteiger partial charge < -0.3 is 16.4 Å². The molecular weight excluding hydrogens is 202 g/mol. The average molecular weight is 217 g/mol. The van der Waals surface area contributed by atoms with E-state index in [1.165, 1.54) is 0 Å². The summed E-state index contributed by atoms with van der Waals surface area (Å²) >= 11 is 0. The lowest BCUT2D eigenvalue weighted by molar-refractivity contribution is -0.123. The molecular formula is C12H15N3O. The van der Waals surface area contributed by atoms with E-state index in [4.69, 9.17) is 5.73 Å². The zero-order valence-corrected chi connectivity index (χ0v) is 8.99. The highest BCUT2D eigenvalue weighted by atomic mass is 16.2. The van der Waals surface area contributed by atoms with Crippen LogP contribution < -0.4 is 16.4 Å². The minimum atomic E-state index is -0.232. The van der Waals surface area contributed by atoms with E-state index in [9.17, 15) is 4.79 Å². The number of rotatable bonds is 2. The first-order valence-corrected chi connectivity index (χ1v) is 5.21. The molecule has 16 heavy (non-hydrogen) atoms. The highest BCUT2D eigenvalue weighted by Gasteiger charge is 2.22. The lowest BCUT2D eigenvalue weighted by atomic mass is 10.0. The Morgan fingerprint density at radius 3 is 2.75 bits per heavy atom. The van der Waals surface area contributed by atoms with E-state index in [0.29, 0.717) is 13.0 Å². The van der Waals surface area contributed by atoms with Crippen molar-refractivity contribution in [3.05, 3.63) is 42.1 Å². The molecule has 0 bridgehead atoms. The Morgan fingerprint density at radius 1 is 1.38 bits per heavy atom. The van der Waals surface area contributed by atoms with Crippen LogP contribution >= 0.6 is 0 Å². The van der Waals surface area contributed by atoms with Gasteiger partial charge in [0, 0.05) is 17.8 Å². The van der Waals surface area contributed by atoms with E-state index in [0.717, 1.165) is 16.9 Å². The molecule has 1 atom stereocenters. The van der Waals surface area contributed by atoms with E-state index in [1.807, 2.05) is 24.3 Å². The smallest absolute Gasteiger partial charge is 0.243 e. The molecule has 84 valence electrons. The van der Waals surface area contributed by atoms with Gasteiger partial charge in [0.1, 0.15) is 6.04 Å². The SMILES string of the molecule is C=C1CNC(=O)[C@H](Cc2ccc(N)cc2)N1. The van der Waals surface area contributed by atoms with Crippen molar-refractivity contribution in [3.8, 4) is 0 Å². The summed E-state index contributed by atoms with van der Waals surface area (Å²) in [5, 5.41) is 5.88. The van der Waals surface area contributed by atoms with Crippen molar-refractivity contribution in [1.29, 1.82) is 0 Å². The normalized spacial score (nSPS) is 20.1. The standard InChI is InChI=1S/C12H15N3O/c1-8-7-14-12(16)11(15-8)6-9-2-4-10(13)5-3-9/h2-5,11,15H,1,6-7,13H2,(H,14,16)/t11-/m0/s1. The van der Waals surface area contributed by atoms with Gasteiger partial charge in [0.25, 0.3) is 0 Å². The van der Waals surface area contributed by atoms with Crippen LogP contribution in [0.25, 0.3) is 0 Å². The molecule has 1 amide bonds. The summed E-state index contributed by atoms with van der Waals surface area (Å²) in [5.74, 6) is 0.0178. The Kier molecular flexibility index (Phi) is 2.81. The summed E-state index contributed by atoms with van der Waals surface area (Å²) in [7, 11) is 0. The molecule has 1 aromatic carbocycles. The van der Waals surface area contributed by atoms with Crippen molar-refractivity contribution >= 4 is 11.6 Å². The first-order chi connectivity index (χ1) is 7.65. The van der Waals surface area contributed by atoms with Crippen LogP contribution in [0.3, 0.4) is 0 Å². The van der Waals surface area contributed by atoms with Crippen LogP contribution in [0, 0.1) is 0 Å². The van der Waals surface area contributed by atoms with Gasteiger partial charge in [-0.1, -0.05) is 18.7 Å². The fourth-order valence-electron chi connectivity index (χ4n) is 1.71. The van der Waals surface area contributed by atoms with Gasteiger partial charge >= 0.3 is 0 Å². The van der Waals surface area contributed by atoms with Gasteiger partial charge in [0.15, 0.2) is 0 Å². The molecule has 0 saturated carbocycles. The van der Waals surface area contributed by atoms with Crippen LogP contribution in [0.2, 0.25) is 0 Å². The number of hydrogen-bond acceptors (Lipinski definition) is 3. The van der Waals surface area contributed by atoms with Crippen LogP contribution in [-0.2, 0) is 11.2 Å². The van der Waals surface area contributed by atoms with Gasteiger partial charge in [-0.25, -0.2) is 0 Å². The van der Waals surface area contributed by atoms with Crippen molar-refractivity contribution in [2.75, 3.05) is 12.3 Å². The number of nitrogens with one attached hydrogen (secondary N) is 2. The lowest BCUT2D eigenvalue weighted by Crippen LogP contribution is -2.52. The second kappa shape index (κ2) is 4.26. The zero-order valence-electron chi connectivity index (χ0n) is 8.99. The van der Waals surface area contributed by atoms with Crippen molar-refractivity contribution in [3.63, 3.8) is 0 Å². The van der Waals surface area contributed by atoms with E-state index in [1.54, 1.807) is 0 Å². The number of nitrogen functional groups attached to an aromatic ring is 1. The highest BCUT2D eigenvalue weighted by Crippen LogP contribution is 2.10. The Morgan fingerprint density at radius 2 is 2.06 bits per heavy atom. The number of hydrogen-bond donors (Lipinski definition) is 3. The topological polar surface area (TPSA) is 67.2 Å². The molecule has 2 rings (SSSR count). The molecule has 1 aromatic rings. The first kappa shape index (κ1) is 10.5. The molecule has 0 aromatic heterocycles. The highest BCUT2D eigenvalue weighted by molar-refractivity contribution is 5.83. The van der Waals surface area contributed by atoms with Gasteiger partial charge in [-0.2, -0.15) is 0 Å². The summed E-state index contributed by atoms with van der Waals surface area (Å²) in [5.41, 5.74) is 8.26. The first-order valence-electron chi connectivity index (χ1n) is 5.21. The van der Waals surface area contributed by atoms with Gasteiger partial charge in [-0.15, -0.1) is 0 Å². The maximum Gasteiger partial charge on any atom is 0.243 e. The fraction of sp³-hybridized carbons (Fsp3) is 0.250. The van der Waals surface area contributed by atoms with Crippen molar-refractivity contribution in [1.82, 2.24) is 10.6 Å². The molecule has 0 aliphatic carbocycles. The number of carbonyl (C=O) groups is 1. The minimum Gasteiger partial charge on any atom is -0.399 e. The Bertz CT molecular complexity index is 411. The molecule has 0 radical (unpaired) electrons. The average Bonchev–Trinajstić information content (AvgIpc) is 2.27. The molecule has 0 spiro atoms. The molecule has 4 nitrogen and oxygen atoms in total. The summed E-state index contributed by atoms with van der Waals surface area (Å²) in [6.45, 7) is 4.32. The third kappa shape index (κ3) is 2.34. The second-order valence-electron chi connectivity index (χ2n) is 3.96. The predicted molar refractivity (Wildman–Crippen MR) is 63.6 cm³/mol. The van der Waals surface area contributed by atoms with E-state index in [-0.39, 0.29) is 11.9 Å². The molecule has 4 heteroatoms. The lowest BCUT2D eigenvalue weighted by Gasteiger charge is -2.26. The maximum absolute atomic E-state index is 11.6. The molecule has 1 aliphatic rings. The van der Waals surface area contributed by atoms with E-state index in [2.05, 4.69) is 17.2 Å². The number of amides is 1. The number of carbonyl (C=O) groups excluding carboxylic acids is 1. The molecule has 1 heterocycles. The maximum atomic E-state index is 11.6. The fourth-order valence-corrected chi connectivity index (χ4v) is 1.71. The third-order valence-corrected chi connectivity index (χ3v) is 2.59. The monoisotopic (exact) mass is 217 g/mol. The quantitative estimate of drug-likeness (QED) is 0.629. The molecule has 1 aliphatic heterocycles.